The lowest BCUT2D eigenvalue weighted by atomic mass is 9.82. The van der Waals surface area contributed by atoms with Crippen LogP contribution >= 0.6 is 15.9 Å². The fourth-order valence-corrected chi connectivity index (χ4v) is 6.22. The third-order valence-corrected chi connectivity index (χ3v) is 8.33. The molecule has 2 N–H and O–H groups in total. The highest BCUT2D eigenvalue weighted by Gasteiger charge is 2.20. The zero-order valence-corrected chi connectivity index (χ0v) is 22.2. The molecule has 2 aliphatic carbocycles. The van der Waals surface area contributed by atoms with E-state index in [-0.39, 0.29) is 17.5 Å². The number of carboxylic acids is 2. The van der Waals surface area contributed by atoms with Gasteiger partial charge in [0.25, 0.3) is 0 Å². The van der Waals surface area contributed by atoms with Crippen LogP contribution in [-0.2, 0) is 19.3 Å². The molecule has 1 unspecified atom stereocenters. The minimum Gasteiger partial charge on any atom is -0.478 e. The van der Waals surface area contributed by atoms with Gasteiger partial charge in [-0.3, -0.25) is 0 Å². The van der Waals surface area contributed by atoms with Crippen molar-refractivity contribution in [1.82, 2.24) is 0 Å². The third-order valence-electron chi connectivity index (χ3n) is 7.80. The first-order valence-corrected chi connectivity index (χ1v) is 13.5. The number of benzene rings is 4. The molecule has 0 saturated carbocycles. The summed E-state index contributed by atoms with van der Waals surface area (Å²) in [5, 5.41) is 24.1. The average Bonchev–Trinajstić information content (AvgIpc) is 2.92. The van der Waals surface area contributed by atoms with Crippen molar-refractivity contribution < 1.29 is 19.8 Å². The Morgan fingerprint density at radius 3 is 2.24 bits per heavy atom. The van der Waals surface area contributed by atoms with Gasteiger partial charge in [0.2, 0.25) is 0 Å². The molecular weight excluding hydrogens is 540 g/mol. The predicted molar refractivity (Wildman–Crippen MR) is 151 cm³/mol. The smallest absolute Gasteiger partial charge is 0.336 e. The van der Waals surface area contributed by atoms with Gasteiger partial charge in [-0.2, -0.15) is 0 Å². The summed E-state index contributed by atoms with van der Waals surface area (Å²) in [6, 6.07) is 23.6. The largest absolute Gasteiger partial charge is 0.478 e. The number of carbonyl (C=O) groups is 2. The Bertz CT molecular complexity index is 1810. The standard InChI is InChI=1S/C33H25BrO4/c34-24-10-5-20(6-11-24)21-7-13-26-23(18-21)9-15-27-25-12-4-19(16-22(25)8-14-28(26)27)17-31-29(32(35)36)2-1-3-30(31)33(37)38/h1-6,8-12,15-16,18,21H,7,13-14,17H2,(H,35,36)(H,37,38). The lowest BCUT2D eigenvalue weighted by molar-refractivity contribution is 0.0696. The van der Waals surface area contributed by atoms with Gasteiger partial charge < -0.3 is 10.2 Å². The lowest BCUT2D eigenvalue weighted by Gasteiger charge is -2.22. The molecule has 0 heterocycles. The van der Waals surface area contributed by atoms with Crippen molar-refractivity contribution in [2.24, 2.45) is 0 Å². The fraction of sp³-hybridized carbons (Fsp3) is 0.152. The monoisotopic (exact) mass is 564 g/mol. The first-order chi connectivity index (χ1) is 18.4. The van der Waals surface area contributed by atoms with E-state index in [1.807, 2.05) is 6.07 Å². The van der Waals surface area contributed by atoms with Crippen molar-refractivity contribution in [1.29, 1.82) is 0 Å². The molecule has 0 radical (unpaired) electrons. The number of rotatable bonds is 5. The van der Waals surface area contributed by atoms with Gasteiger partial charge >= 0.3 is 11.9 Å². The summed E-state index contributed by atoms with van der Waals surface area (Å²) >= 11 is 3.53. The van der Waals surface area contributed by atoms with Crippen molar-refractivity contribution in [3.8, 4) is 0 Å². The van der Waals surface area contributed by atoms with Gasteiger partial charge in [0.05, 0.1) is 11.1 Å². The predicted octanol–water partition coefficient (Wildman–Crippen LogP) is 5.57. The molecule has 0 bridgehead atoms. The first kappa shape index (κ1) is 24.4. The van der Waals surface area contributed by atoms with Gasteiger partial charge in [0, 0.05) is 10.4 Å². The second-order valence-electron chi connectivity index (χ2n) is 9.97. The summed E-state index contributed by atoms with van der Waals surface area (Å²) in [6.07, 6.45) is 7.86. The van der Waals surface area contributed by atoms with Gasteiger partial charge in [-0.1, -0.05) is 76.6 Å². The molecule has 4 aromatic rings. The molecule has 0 amide bonds. The maximum atomic E-state index is 11.8. The first-order valence-electron chi connectivity index (χ1n) is 12.7. The molecule has 2 aliphatic rings. The zero-order chi connectivity index (χ0) is 26.4. The average molecular weight is 565 g/mol. The van der Waals surface area contributed by atoms with E-state index in [4.69, 9.17) is 0 Å². The van der Waals surface area contributed by atoms with Crippen LogP contribution in [0.15, 0.2) is 77.3 Å². The van der Waals surface area contributed by atoms with Crippen molar-refractivity contribution in [3.05, 3.63) is 137 Å². The summed E-state index contributed by atoms with van der Waals surface area (Å²) in [5.74, 6) is -1.82. The summed E-state index contributed by atoms with van der Waals surface area (Å²) in [6.45, 7) is 0. The highest BCUT2D eigenvalue weighted by Crippen LogP contribution is 2.29. The number of carboxylic acid groups (broad SMARTS) is 2. The highest BCUT2D eigenvalue weighted by molar-refractivity contribution is 9.10. The van der Waals surface area contributed by atoms with Gasteiger partial charge in [-0.15, -0.1) is 0 Å². The summed E-state index contributed by atoms with van der Waals surface area (Å²) in [4.78, 5) is 23.6. The summed E-state index contributed by atoms with van der Waals surface area (Å²) in [5.41, 5.74) is 5.44. The van der Waals surface area contributed by atoms with Crippen LogP contribution in [-0.4, -0.2) is 22.2 Å². The van der Waals surface area contributed by atoms with E-state index >= 15 is 0 Å². The van der Waals surface area contributed by atoms with Crippen molar-refractivity contribution in [2.75, 3.05) is 0 Å². The van der Waals surface area contributed by atoms with Crippen LogP contribution in [0.3, 0.4) is 0 Å². The molecule has 0 aliphatic heterocycles. The number of fused-ring (bicyclic) bond motifs is 4. The molecular formula is C33H25BrO4. The van der Waals surface area contributed by atoms with Gasteiger partial charge in [-0.25, -0.2) is 9.59 Å². The Labute approximate surface area is 228 Å². The normalized spacial score (nSPS) is 15.3. The van der Waals surface area contributed by atoms with Crippen LogP contribution < -0.4 is 10.4 Å². The maximum Gasteiger partial charge on any atom is 0.336 e. The quantitative estimate of drug-likeness (QED) is 0.332. The van der Waals surface area contributed by atoms with Crippen molar-refractivity contribution in [3.63, 3.8) is 0 Å². The Kier molecular flexibility index (Phi) is 6.24. The van der Waals surface area contributed by atoms with E-state index in [0.717, 1.165) is 39.7 Å². The molecule has 6 rings (SSSR count). The molecule has 4 nitrogen and oxygen atoms in total. The molecule has 0 spiro atoms. The summed E-state index contributed by atoms with van der Waals surface area (Å²) < 4.78 is 1.09. The fourth-order valence-electron chi connectivity index (χ4n) is 5.95. The van der Waals surface area contributed by atoms with E-state index in [1.54, 1.807) is 0 Å². The molecule has 0 aromatic heterocycles. The van der Waals surface area contributed by atoms with Gasteiger partial charge in [-0.05, 0) is 98.6 Å². The molecule has 0 saturated heterocycles. The molecule has 0 fully saturated rings. The Balaban J connectivity index is 1.41. The molecule has 38 heavy (non-hydrogen) atoms. The second kappa shape index (κ2) is 9.73. The van der Waals surface area contributed by atoms with Gasteiger partial charge in [0.1, 0.15) is 0 Å². The maximum absolute atomic E-state index is 11.8. The Morgan fingerprint density at radius 2 is 1.53 bits per heavy atom. The minimum atomic E-state index is -1.12. The minimum absolute atomic E-state index is 0.0289. The van der Waals surface area contributed by atoms with Crippen LogP contribution in [0.4, 0.5) is 0 Å². The topological polar surface area (TPSA) is 74.6 Å². The number of aromatic carboxylic acids is 2. The van der Waals surface area contributed by atoms with Crippen LogP contribution in [0.2, 0.25) is 0 Å². The van der Waals surface area contributed by atoms with Gasteiger partial charge in [0.15, 0.2) is 0 Å². The van der Waals surface area contributed by atoms with E-state index in [2.05, 4.69) is 76.6 Å². The third kappa shape index (κ3) is 4.37. The SMILES string of the molecule is O=C(O)c1cccc(C(=O)O)c1Cc1ccc2c(c1)=CCc1c3c(ccc1=2)=CC(c1ccc(Br)cc1)CC3. The second-order valence-corrected chi connectivity index (χ2v) is 10.9. The molecule has 5 heteroatoms. The number of hydrogen-bond donors (Lipinski definition) is 2. The number of hydrogen-bond acceptors (Lipinski definition) is 2. The van der Waals surface area contributed by atoms with E-state index in [1.165, 1.54) is 45.3 Å². The molecule has 4 aromatic carbocycles. The van der Waals surface area contributed by atoms with Crippen LogP contribution in [0.5, 0.6) is 0 Å². The van der Waals surface area contributed by atoms with E-state index in [0.29, 0.717) is 11.5 Å². The van der Waals surface area contributed by atoms with Crippen LogP contribution in [0.1, 0.15) is 60.9 Å². The molecule has 1 atom stereocenters. The summed E-state index contributed by atoms with van der Waals surface area (Å²) in [7, 11) is 0. The van der Waals surface area contributed by atoms with Crippen LogP contribution in [0.25, 0.3) is 12.2 Å². The van der Waals surface area contributed by atoms with Crippen LogP contribution in [0, 0.1) is 10.4 Å². The van der Waals surface area contributed by atoms with Crippen molar-refractivity contribution in [2.45, 2.75) is 31.6 Å². The lowest BCUT2D eigenvalue weighted by Crippen LogP contribution is -2.22. The Hall–Kier alpha value is -3.96. The van der Waals surface area contributed by atoms with E-state index < -0.39 is 11.9 Å². The van der Waals surface area contributed by atoms with Crippen molar-refractivity contribution >= 4 is 40.0 Å². The van der Waals surface area contributed by atoms with E-state index in [9.17, 15) is 19.8 Å². The molecule has 188 valence electrons. The highest BCUT2D eigenvalue weighted by atomic mass is 79.9. The Morgan fingerprint density at radius 1 is 0.816 bits per heavy atom. The zero-order valence-electron chi connectivity index (χ0n) is 20.6. The number of halogens is 1.